The molecule has 19 heavy (non-hydrogen) atoms. The third-order valence-corrected chi connectivity index (χ3v) is 2.80. The first kappa shape index (κ1) is 13.6. The molecule has 0 saturated carbocycles. The molecular weight excluding hydrogens is 244 g/mol. The van der Waals surface area contributed by atoms with E-state index in [0.29, 0.717) is 0 Å². The summed E-state index contributed by atoms with van der Waals surface area (Å²) in [4.78, 5) is 0. The quantitative estimate of drug-likeness (QED) is 0.749. The summed E-state index contributed by atoms with van der Waals surface area (Å²) < 4.78 is 21.2. The second-order valence-corrected chi connectivity index (χ2v) is 4.17. The zero-order valence-corrected chi connectivity index (χ0v) is 11.4. The van der Waals surface area contributed by atoms with Gasteiger partial charge in [0.25, 0.3) is 0 Å². The topological polar surface area (TPSA) is 36.9 Å². The molecule has 0 spiro atoms. The van der Waals surface area contributed by atoms with Gasteiger partial charge in [0.1, 0.15) is 11.5 Å². The molecular formula is C15H18O4. The molecule has 4 nitrogen and oxygen atoms in total. The Labute approximate surface area is 112 Å². The van der Waals surface area contributed by atoms with Crippen LogP contribution in [0.5, 0.6) is 11.5 Å². The molecule has 0 radical (unpaired) electrons. The van der Waals surface area contributed by atoms with E-state index in [1.165, 1.54) is 0 Å². The fourth-order valence-electron chi connectivity index (χ4n) is 2.00. The van der Waals surface area contributed by atoms with E-state index in [2.05, 4.69) is 0 Å². The minimum atomic E-state index is 0.224. The summed E-state index contributed by atoms with van der Waals surface area (Å²) in [6.45, 7) is 2.43. The summed E-state index contributed by atoms with van der Waals surface area (Å²) in [5.41, 5.74) is 1.00. The van der Waals surface area contributed by atoms with E-state index in [-0.39, 0.29) is 13.6 Å². The number of ether oxygens (including phenoxy) is 4. The van der Waals surface area contributed by atoms with Crippen molar-refractivity contribution in [2.75, 3.05) is 27.8 Å². The highest BCUT2D eigenvalue weighted by atomic mass is 16.7. The van der Waals surface area contributed by atoms with Gasteiger partial charge in [0, 0.05) is 25.0 Å². The molecule has 102 valence electrons. The van der Waals surface area contributed by atoms with Gasteiger partial charge in [-0.25, -0.2) is 0 Å². The van der Waals surface area contributed by atoms with Crippen LogP contribution in [-0.2, 0) is 9.47 Å². The second kappa shape index (κ2) is 6.41. The zero-order valence-electron chi connectivity index (χ0n) is 11.4. The molecule has 2 aromatic rings. The predicted octanol–water partition coefficient (Wildman–Crippen LogP) is 3.11. The molecule has 0 fully saturated rings. The van der Waals surface area contributed by atoms with Crippen molar-refractivity contribution < 1.29 is 18.9 Å². The summed E-state index contributed by atoms with van der Waals surface area (Å²) in [6, 6.07) is 9.90. The van der Waals surface area contributed by atoms with Gasteiger partial charge in [-0.3, -0.25) is 0 Å². The molecule has 2 rings (SSSR count). The third kappa shape index (κ3) is 2.97. The Morgan fingerprint density at radius 3 is 2.21 bits per heavy atom. The molecule has 0 atom stereocenters. The average molecular weight is 262 g/mol. The Morgan fingerprint density at radius 1 is 0.895 bits per heavy atom. The number of benzene rings is 2. The lowest BCUT2D eigenvalue weighted by atomic mass is 10.0. The molecule has 0 bridgehead atoms. The van der Waals surface area contributed by atoms with Crippen LogP contribution in [0.2, 0.25) is 0 Å². The van der Waals surface area contributed by atoms with E-state index in [1.807, 2.05) is 37.3 Å². The number of rotatable bonds is 6. The normalized spacial score (nSPS) is 10.7. The van der Waals surface area contributed by atoms with Gasteiger partial charge in [-0.15, -0.1) is 0 Å². The lowest BCUT2D eigenvalue weighted by Gasteiger charge is -2.15. The van der Waals surface area contributed by atoms with Crippen LogP contribution in [0.3, 0.4) is 0 Å². The summed E-state index contributed by atoms with van der Waals surface area (Å²) in [5, 5.41) is 2.00. The minimum absolute atomic E-state index is 0.224. The van der Waals surface area contributed by atoms with E-state index in [9.17, 15) is 0 Å². The Bertz CT molecular complexity index is 551. The van der Waals surface area contributed by atoms with E-state index in [0.717, 1.165) is 27.8 Å². The molecule has 0 aromatic heterocycles. The van der Waals surface area contributed by atoms with Crippen LogP contribution >= 0.6 is 0 Å². The fraction of sp³-hybridized carbons (Fsp3) is 0.333. The van der Waals surface area contributed by atoms with Gasteiger partial charge in [-0.2, -0.15) is 0 Å². The van der Waals surface area contributed by atoms with Crippen LogP contribution in [0.1, 0.15) is 5.56 Å². The van der Waals surface area contributed by atoms with Gasteiger partial charge in [0.05, 0.1) is 0 Å². The molecule has 0 aliphatic rings. The molecule has 0 unspecified atom stereocenters. The van der Waals surface area contributed by atoms with Gasteiger partial charge in [0.15, 0.2) is 13.6 Å². The number of hydrogen-bond donors (Lipinski definition) is 0. The number of fused-ring (bicyclic) bond motifs is 1. The van der Waals surface area contributed by atoms with Gasteiger partial charge in [0.2, 0.25) is 0 Å². The molecule has 0 heterocycles. The number of hydrogen-bond acceptors (Lipinski definition) is 4. The van der Waals surface area contributed by atoms with Crippen molar-refractivity contribution >= 4 is 10.8 Å². The van der Waals surface area contributed by atoms with Gasteiger partial charge in [-0.05, 0) is 18.6 Å². The van der Waals surface area contributed by atoms with Crippen LogP contribution < -0.4 is 9.47 Å². The van der Waals surface area contributed by atoms with Crippen LogP contribution in [0, 0.1) is 6.92 Å². The Hall–Kier alpha value is -1.78. The third-order valence-electron chi connectivity index (χ3n) is 2.80. The van der Waals surface area contributed by atoms with Crippen LogP contribution in [0.25, 0.3) is 10.8 Å². The first-order valence-corrected chi connectivity index (χ1v) is 6.03. The van der Waals surface area contributed by atoms with Crippen LogP contribution in [-0.4, -0.2) is 27.8 Å². The maximum absolute atomic E-state index is 5.65. The summed E-state index contributed by atoms with van der Waals surface area (Å²) in [6.07, 6.45) is 0. The van der Waals surface area contributed by atoms with Crippen molar-refractivity contribution in [2.24, 2.45) is 0 Å². The molecule has 0 N–H and O–H groups in total. The fourth-order valence-corrected chi connectivity index (χ4v) is 2.00. The average Bonchev–Trinajstić information content (AvgIpc) is 2.44. The largest absolute Gasteiger partial charge is 0.467 e. The van der Waals surface area contributed by atoms with Crippen molar-refractivity contribution in [1.82, 2.24) is 0 Å². The van der Waals surface area contributed by atoms with E-state index in [1.54, 1.807) is 14.2 Å². The number of aryl methyl sites for hydroxylation is 1. The summed E-state index contributed by atoms with van der Waals surface area (Å²) in [7, 11) is 3.21. The molecule has 0 amide bonds. The molecule has 0 aliphatic heterocycles. The molecule has 4 heteroatoms. The highest BCUT2D eigenvalue weighted by Crippen LogP contribution is 2.36. The highest BCUT2D eigenvalue weighted by molar-refractivity contribution is 5.94. The van der Waals surface area contributed by atoms with Gasteiger partial charge < -0.3 is 18.9 Å². The SMILES string of the molecule is COCOc1cc(C)c(OCOC)c2ccccc12. The second-order valence-electron chi connectivity index (χ2n) is 4.17. The monoisotopic (exact) mass is 262 g/mol. The Balaban J connectivity index is 2.49. The molecule has 0 aliphatic carbocycles. The van der Waals surface area contributed by atoms with Crippen LogP contribution in [0.15, 0.2) is 30.3 Å². The summed E-state index contributed by atoms with van der Waals surface area (Å²) in [5.74, 6) is 1.61. The van der Waals surface area contributed by atoms with Crippen molar-refractivity contribution in [3.05, 3.63) is 35.9 Å². The standard InChI is InChI=1S/C15H18O4/c1-11-8-14(18-9-16-2)12-6-4-5-7-13(12)15(11)19-10-17-3/h4-8H,9-10H2,1-3H3. The van der Waals surface area contributed by atoms with Crippen molar-refractivity contribution in [3.8, 4) is 11.5 Å². The first-order chi connectivity index (χ1) is 9.27. The highest BCUT2D eigenvalue weighted by Gasteiger charge is 2.11. The van der Waals surface area contributed by atoms with Crippen molar-refractivity contribution in [1.29, 1.82) is 0 Å². The molecule has 0 saturated heterocycles. The maximum Gasteiger partial charge on any atom is 0.188 e. The van der Waals surface area contributed by atoms with Crippen molar-refractivity contribution in [2.45, 2.75) is 6.92 Å². The number of methoxy groups -OCH3 is 2. The Morgan fingerprint density at radius 2 is 1.53 bits per heavy atom. The molecule has 2 aromatic carbocycles. The van der Waals surface area contributed by atoms with Gasteiger partial charge >= 0.3 is 0 Å². The van der Waals surface area contributed by atoms with Crippen LogP contribution in [0.4, 0.5) is 0 Å². The zero-order chi connectivity index (χ0) is 13.7. The van der Waals surface area contributed by atoms with E-state index >= 15 is 0 Å². The van der Waals surface area contributed by atoms with E-state index in [4.69, 9.17) is 18.9 Å². The first-order valence-electron chi connectivity index (χ1n) is 6.03. The minimum Gasteiger partial charge on any atom is -0.467 e. The smallest absolute Gasteiger partial charge is 0.188 e. The lowest BCUT2D eigenvalue weighted by Crippen LogP contribution is -2.03. The van der Waals surface area contributed by atoms with E-state index < -0.39 is 0 Å². The lowest BCUT2D eigenvalue weighted by molar-refractivity contribution is 0.0496. The Kier molecular flexibility index (Phi) is 4.60. The van der Waals surface area contributed by atoms with Crippen molar-refractivity contribution in [3.63, 3.8) is 0 Å². The van der Waals surface area contributed by atoms with Gasteiger partial charge in [-0.1, -0.05) is 24.3 Å². The predicted molar refractivity (Wildman–Crippen MR) is 73.7 cm³/mol. The summed E-state index contributed by atoms with van der Waals surface area (Å²) >= 11 is 0. The maximum atomic E-state index is 5.65.